The molecule has 1 amide bonds. The van der Waals surface area contributed by atoms with Crippen molar-refractivity contribution >= 4 is 11.6 Å². The van der Waals surface area contributed by atoms with Crippen LogP contribution in [0.2, 0.25) is 0 Å². The monoisotopic (exact) mass is 374 g/mol. The predicted octanol–water partition coefficient (Wildman–Crippen LogP) is 3.47. The van der Waals surface area contributed by atoms with Crippen molar-refractivity contribution in [2.75, 3.05) is 0 Å². The number of nitrogens with zero attached hydrogens (tertiary/aromatic N) is 2. The van der Waals surface area contributed by atoms with Crippen LogP contribution >= 0.6 is 0 Å². The minimum atomic E-state index is -0.558. The number of carbonyl (C=O) groups is 1. The Hall–Kier alpha value is -3.41. The minimum Gasteiger partial charge on any atom is -0.382 e. The van der Waals surface area contributed by atoms with Gasteiger partial charge in [-0.15, -0.1) is 0 Å². The van der Waals surface area contributed by atoms with Gasteiger partial charge in [-0.2, -0.15) is 5.10 Å². The van der Waals surface area contributed by atoms with Crippen LogP contribution in [0.5, 0.6) is 0 Å². The Labute approximate surface area is 163 Å². The van der Waals surface area contributed by atoms with Crippen LogP contribution in [0.15, 0.2) is 72.0 Å². The van der Waals surface area contributed by atoms with E-state index in [1.807, 2.05) is 48.5 Å². The highest BCUT2D eigenvalue weighted by atomic mass is 16.6. The van der Waals surface area contributed by atoms with Gasteiger partial charge in [-0.1, -0.05) is 65.8 Å². The number of H-pyrrole nitrogens is 1. The van der Waals surface area contributed by atoms with Crippen molar-refractivity contribution in [3.63, 3.8) is 0 Å². The Morgan fingerprint density at radius 1 is 1.07 bits per heavy atom. The highest BCUT2D eigenvalue weighted by Gasteiger charge is 2.27. The van der Waals surface area contributed by atoms with Crippen LogP contribution in [-0.2, 0) is 22.6 Å². The first kappa shape index (κ1) is 18.0. The Bertz CT molecular complexity index is 951. The van der Waals surface area contributed by atoms with E-state index >= 15 is 0 Å². The normalized spacial score (nSPS) is 15.7. The van der Waals surface area contributed by atoms with Gasteiger partial charge in [-0.05, 0) is 24.0 Å². The van der Waals surface area contributed by atoms with Crippen LogP contribution < -0.4 is 5.32 Å². The average molecular weight is 374 g/mol. The fraction of sp³-hybridized carbons (Fsp3) is 0.227. The Kier molecular flexibility index (Phi) is 5.47. The highest BCUT2D eigenvalue weighted by molar-refractivity contribution is 5.93. The van der Waals surface area contributed by atoms with Crippen molar-refractivity contribution in [3.8, 4) is 11.3 Å². The number of rotatable bonds is 7. The molecule has 1 unspecified atom stereocenters. The third kappa shape index (κ3) is 4.28. The molecule has 28 heavy (non-hydrogen) atoms. The number of carbonyl (C=O) groups excluding carboxylic acids is 1. The van der Waals surface area contributed by atoms with Crippen molar-refractivity contribution in [3.05, 3.63) is 78.0 Å². The number of aryl methyl sites for hydroxylation is 1. The Morgan fingerprint density at radius 2 is 1.82 bits per heavy atom. The summed E-state index contributed by atoms with van der Waals surface area (Å²) < 4.78 is 0. The van der Waals surface area contributed by atoms with E-state index in [9.17, 15) is 4.79 Å². The molecule has 0 saturated heterocycles. The molecule has 0 aliphatic carbocycles. The average Bonchev–Trinajstić information content (AvgIpc) is 3.41. The molecule has 2 N–H and O–H groups in total. The second kappa shape index (κ2) is 8.52. The second-order valence-electron chi connectivity index (χ2n) is 6.80. The van der Waals surface area contributed by atoms with Gasteiger partial charge in [-0.3, -0.25) is 9.89 Å². The number of amides is 1. The van der Waals surface area contributed by atoms with Gasteiger partial charge >= 0.3 is 0 Å². The molecule has 0 saturated carbocycles. The zero-order valence-electron chi connectivity index (χ0n) is 15.5. The number of oxime groups is 1. The summed E-state index contributed by atoms with van der Waals surface area (Å²) in [6.07, 6.45) is 3.41. The van der Waals surface area contributed by atoms with Gasteiger partial charge in [-0.25, -0.2) is 0 Å². The molecule has 1 aliphatic rings. The third-order valence-electron chi connectivity index (χ3n) is 4.80. The first-order valence-electron chi connectivity index (χ1n) is 9.40. The van der Waals surface area contributed by atoms with Crippen molar-refractivity contribution in [1.82, 2.24) is 15.5 Å². The third-order valence-corrected chi connectivity index (χ3v) is 4.80. The summed E-state index contributed by atoms with van der Waals surface area (Å²) in [4.78, 5) is 17.8. The highest BCUT2D eigenvalue weighted by Crippen LogP contribution is 2.21. The van der Waals surface area contributed by atoms with E-state index in [0.29, 0.717) is 13.0 Å². The van der Waals surface area contributed by atoms with Crippen LogP contribution in [0.3, 0.4) is 0 Å². The lowest BCUT2D eigenvalue weighted by Crippen LogP contribution is -2.34. The molecule has 6 heteroatoms. The molecule has 1 aromatic heterocycles. The van der Waals surface area contributed by atoms with Gasteiger partial charge in [0.1, 0.15) is 0 Å². The lowest BCUT2D eigenvalue weighted by atomic mass is 10.0. The standard InChI is InChI=1S/C22H22N4O2/c27-22(20-13-19(26-28-20)12-11-16-7-3-1-4-8-16)23-14-18-15-24-25-21(18)17-9-5-2-6-10-17/h1-10,15,20H,11-14H2,(H,23,27)(H,24,25). The minimum absolute atomic E-state index is 0.154. The Morgan fingerprint density at radius 3 is 2.61 bits per heavy atom. The van der Waals surface area contributed by atoms with Gasteiger partial charge in [0.05, 0.1) is 17.6 Å². The van der Waals surface area contributed by atoms with Crippen LogP contribution in [0.1, 0.15) is 24.0 Å². The largest absolute Gasteiger partial charge is 0.382 e. The molecular weight excluding hydrogens is 352 g/mol. The summed E-state index contributed by atoms with van der Waals surface area (Å²) in [5.74, 6) is -0.154. The van der Waals surface area contributed by atoms with Crippen molar-refractivity contribution in [2.24, 2.45) is 5.16 Å². The van der Waals surface area contributed by atoms with Gasteiger partial charge in [0.25, 0.3) is 5.91 Å². The molecule has 142 valence electrons. The molecule has 2 aromatic carbocycles. The summed E-state index contributed by atoms with van der Waals surface area (Å²) in [7, 11) is 0. The number of nitrogens with one attached hydrogen (secondary N) is 2. The number of aromatic nitrogens is 2. The zero-order chi connectivity index (χ0) is 19.2. The molecule has 1 atom stereocenters. The predicted molar refractivity (Wildman–Crippen MR) is 108 cm³/mol. The van der Waals surface area contributed by atoms with Gasteiger partial charge in [0.2, 0.25) is 6.10 Å². The number of hydrogen-bond acceptors (Lipinski definition) is 4. The lowest BCUT2D eigenvalue weighted by Gasteiger charge is -2.10. The zero-order valence-corrected chi connectivity index (χ0v) is 15.5. The van der Waals surface area contributed by atoms with Crippen molar-refractivity contribution in [1.29, 1.82) is 0 Å². The molecule has 3 aromatic rings. The topological polar surface area (TPSA) is 79.4 Å². The maximum Gasteiger partial charge on any atom is 0.264 e. The molecular formula is C22H22N4O2. The van der Waals surface area contributed by atoms with E-state index in [-0.39, 0.29) is 5.91 Å². The first-order chi connectivity index (χ1) is 13.8. The van der Waals surface area contributed by atoms with Gasteiger partial charge in [0.15, 0.2) is 0 Å². The molecule has 1 aliphatic heterocycles. The maximum absolute atomic E-state index is 12.5. The smallest absolute Gasteiger partial charge is 0.264 e. The quantitative estimate of drug-likeness (QED) is 0.665. The summed E-state index contributed by atoms with van der Waals surface area (Å²) in [5.41, 5.74) is 5.06. The van der Waals surface area contributed by atoms with E-state index in [1.54, 1.807) is 6.20 Å². The second-order valence-corrected chi connectivity index (χ2v) is 6.80. The summed E-state index contributed by atoms with van der Waals surface area (Å²) in [5, 5.41) is 14.1. The van der Waals surface area contributed by atoms with Crippen LogP contribution in [0.25, 0.3) is 11.3 Å². The van der Waals surface area contributed by atoms with E-state index < -0.39 is 6.10 Å². The number of hydrogen-bond donors (Lipinski definition) is 2. The van der Waals surface area contributed by atoms with Gasteiger partial charge in [0, 0.05) is 18.5 Å². The Balaban J connectivity index is 1.27. The van der Waals surface area contributed by atoms with E-state index in [4.69, 9.17) is 4.84 Å². The SMILES string of the molecule is O=C(NCc1cn[nH]c1-c1ccccc1)C1CC(CCc2ccccc2)=NO1. The lowest BCUT2D eigenvalue weighted by molar-refractivity contribution is -0.131. The molecule has 6 nitrogen and oxygen atoms in total. The number of benzene rings is 2. The first-order valence-corrected chi connectivity index (χ1v) is 9.40. The molecule has 2 heterocycles. The molecule has 0 spiro atoms. The molecule has 0 radical (unpaired) electrons. The summed E-state index contributed by atoms with van der Waals surface area (Å²) in [6, 6.07) is 20.2. The molecule has 0 fully saturated rings. The van der Waals surface area contributed by atoms with E-state index in [0.717, 1.165) is 35.4 Å². The fourth-order valence-electron chi connectivity index (χ4n) is 3.24. The van der Waals surface area contributed by atoms with Crippen LogP contribution in [0.4, 0.5) is 0 Å². The maximum atomic E-state index is 12.5. The molecule has 0 bridgehead atoms. The van der Waals surface area contributed by atoms with Crippen molar-refractivity contribution in [2.45, 2.75) is 31.9 Å². The van der Waals surface area contributed by atoms with Gasteiger partial charge < -0.3 is 10.2 Å². The number of aromatic amines is 1. The van der Waals surface area contributed by atoms with E-state index in [2.05, 4.69) is 32.8 Å². The molecule has 4 rings (SSSR count). The van der Waals surface area contributed by atoms with Crippen molar-refractivity contribution < 1.29 is 9.63 Å². The van der Waals surface area contributed by atoms with E-state index in [1.165, 1.54) is 5.56 Å². The summed E-state index contributed by atoms with van der Waals surface area (Å²) >= 11 is 0. The van der Waals surface area contributed by atoms with Crippen LogP contribution in [-0.4, -0.2) is 27.9 Å². The van der Waals surface area contributed by atoms with Crippen LogP contribution in [0, 0.1) is 0 Å². The fourth-order valence-corrected chi connectivity index (χ4v) is 3.24. The summed E-state index contributed by atoms with van der Waals surface area (Å²) in [6.45, 7) is 0.388.